The Balaban J connectivity index is 2.15. The quantitative estimate of drug-likeness (QED) is 0.832. The van der Waals surface area contributed by atoms with E-state index in [0.29, 0.717) is 12.0 Å². The molecular weight excluding hydrogens is 192 g/mol. The zero-order valence-electron chi connectivity index (χ0n) is 8.75. The fraction of sp³-hybridized carbons (Fsp3) is 0.727. The molecule has 1 aromatic heterocycles. The minimum atomic E-state index is 0.373. The second kappa shape index (κ2) is 3.99. The van der Waals surface area contributed by atoms with E-state index >= 15 is 0 Å². The lowest BCUT2D eigenvalue weighted by Crippen LogP contribution is -2.16. The summed E-state index contributed by atoms with van der Waals surface area (Å²) in [5.41, 5.74) is 7.07. The van der Waals surface area contributed by atoms with Gasteiger partial charge in [-0.05, 0) is 19.4 Å². The Kier molecular flexibility index (Phi) is 2.88. The van der Waals surface area contributed by atoms with E-state index in [2.05, 4.69) is 12.3 Å². The highest BCUT2D eigenvalue weighted by molar-refractivity contribution is 7.09. The summed E-state index contributed by atoms with van der Waals surface area (Å²) in [5, 5.41) is 3.50. The topological polar surface area (TPSA) is 38.9 Å². The lowest BCUT2D eigenvalue weighted by atomic mass is 9.90. The zero-order chi connectivity index (χ0) is 10.0. The Morgan fingerprint density at radius 3 is 2.86 bits per heavy atom. The first kappa shape index (κ1) is 10.1. The predicted octanol–water partition coefficient (Wildman–Crippen LogP) is 2.48. The number of hydrogen-bond donors (Lipinski definition) is 1. The third-order valence-corrected chi connectivity index (χ3v) is 4.37. The van der Waals surface area contributed by atoms with E-state index < -0.39 is 0 Å². The molecule has 0 saturated heterocycles. The molecule has 1 saturated carbocycles. The highest BCUT2D eigenvalue weighted by Crippen LogP contribution is 2.41. The van der Waals surface area contributed by atoms with Crippen LogP contribution < -0.4 is 5.73 Å². The lowest BCUT2D eigenvalue weighted by molar-refractivity contribution is 0.487. The zero-order valence-corrected chi connectivity index (χ0v) is 9.57. The van der Waals surface area contributed by atoms with Crippen LogP contribution in [0.1, 0.15) is 43.3 Å². The van der Waals surface area contributed by atoms with Gasteiger partial charge in [-0.1, -0.05) is 19.8 Å². The minimum absolute atomic E-state index is 0.373. The van der Waals surface area contributed by atoms with Crippen molar-refractivity contribution in [2.75, 3.05) is 6.54 Å². The molecule has 0 unspecified atom stereocenters. The van der Waals surface area contributed by atoms with Crippen molar-refractivity contribution in [1.29, 1.82) is 0 Å². The molecule has 2 rings (SSSR count). The van der Waals surface area contributed by atoms with Gasteiger partial charge in [0.05, 0.1) is 10.7 Å². The molecule has 0 aromatic carbocycles. The molecule has 3 heteroatoms. The standard InChI is InChI=1S/C11H18N2S/c1-11(5-2-3-6-11)10-13-9(4-7-12)8-14-10/h8H,2-7,12H2,1H3. The summed E-state index contributed by atoms with van der Waals surface area (Å²) < 4.78 is 0. The van der Waals surface area contributed by atoms with Crippen molar-refractivity contribution in [3.05, 3.63) is 16.1 Å². The number of hydrogen-bond acceptors (Lipinski definition) is 3. The Morgan fingerprint density at radius 1 is 1.50 bits per heavy atom. The molecule has 14 heavy (non-hydrogen) atoms. The molecule has 0 aliphatic heterocycles. The highest BCUT2D eigenvalue weighted by atomic mass is 32.1. The Bertz CT molecular complexity index is 300. The van der Waals surface area contributed by atoms with Crippen LogP contribution in [0.2, 0.25) is 0 Å². The fourth-order valence-electron chi connectivity index (χ4n) is 2.22. The largest absolute Gasteiger partial charge is 0.330 e. The van der Waals surface area contributed by atoms with Gasteiger partial charge in [0.2, 0.25) is 0 Å². The molecule has 2 nitrogen and oxygen atoms in total. The summed E-state index contributed by atoms with van der Waals surface area (Å²) in [6, 6.07) is 0. The van der Waals surface area contributed by atoms with Crippen LogP contribution in [0.5, 0.6) is 0 Å². The van der Waals surface area contributed by atoms with E-state index in [-0.39, 0.29) is 0 Å². The van der Waals surface area contributed by atoms with Crippen molar-refractivity contribution >= 4 is 11.3 Å². The average molecular weight is 210 g/mol. The van der Waals surface area contributed by atoms with Crippen LogP contribution in [-0.2, 0) is 11.8 Å². The van der Waals surface area contributed by atoms with Crippen LogP contribution in [0.4, 0.5) is 0 Å². The normalized spacial score (nSPS) is 20.1. The lowest BCUT2D eigenvalue weighted by Gasteiger charge is -2.19. The molecule has 0 amide bonds. The molecule has 1 fully saturated rings. The van der Waals surface area contributed by atoms with Gasteiger partial charge in [-0.2, -0.15) is 0 Å². The van der Waals surface area contributed by atoms with Gasteiger partial charge in [0.1, 0.15) is 0 Å². The molecule has 78 valence electrons. The van der Waals surface area contributed by atoms with Crippen LogP contribution in [0.15, 0.2) is 5.38 Å². The first-order valence-electron chi connectivity index (χ1n) is 5.39. The van der Waals surface area contributed by atoms with E-state index in [1.54, 1.807) is 0 Å². The Hall–Kier alpha value is -0.410. The van der Waals surface area contributed by atoms with Gasteiger partial charge in [-0.25, -0.2) is 4.98 Å². The first-order valence-corrected chi connectivity index (χ1v) is 6.27. The van der Waals surface area contributed by atoms with Crippen LogP contribution in [0, 0.1) is 0 Å². The maximum atomic E-state index is 5.52. The van der Waals surface area contributed by atoms with E-state index in [4.69, 9.17) is 10.7 Å². The van der Waals surface area contributed by atoms with Gasteiger partial charge in [-0.3, -0.25) is 0 Å². The van der Waals surface area contributed by atoms with Crippen molar-refractivity contribution < 1.29 is 0 Å². The van der Waals surface area contributed by atoms with Crippen molar-refractivity contribution in [3.63, 3.8) is 0 Å². The number of rotatable bonds is 3. The third-order valence-electron chi connectivity index (χ3n) is 3.18. The van der Waals surface area contributed by atoms with E-state index in [0.717, 1.165) is 6.42 Å². The van der Waals surface area contributed by atoms with Crippen LogP contribution >= 0.6 is 11.3 Å². The Morgan fingerprint density at radius 2 is 2.21 bits per heavy atom. The second-order valence-corrected chi connectivity index (χ2v) is 5.31. The summed E-state index contributed by atoms with van der Waals surface area (Å²) in [7, 11) is 0. The average Bonchev–Trinajstić information content (AvgIpc) is 2.75. The molecular formula is C11H18N2S. The number of nitrogens with two attached hydrogens (primary N) is 1. The Labute approximate surface area is 89.5 Å². The van der Waals surface area contributed by atoms with E-state index in [1.165, 1.54) is 36.4 Å². The minimum Gasteiger partial charge on any atom is -0.330 e. The smallest absolute Gasteiger partial charge is 0.0987 e. The molecule has 0 atom stereocenters. The van der Waals surface area contributed by atoms with Crippen molar-refractivity contribution in [1.82, 2.24) is 4.98 Å². The maximum Gasteiger partial charge on any atom is 0.0987 e. The van der Waals surface area contributed by atoms with Crippen LogP contribution in [0.25, 0.3) is 0 Å². The molecule has 2 N–H and O–H groups in total. The van der Waals surface area contributed by atoms with Crippen molar-refractivity contribution in [2.45, 2.75) is 44.4 Å². The molecule has 0 spiro atoms. The molecule has 1 aromatic rings. The molecule has 1 heterocycles. The van der Waals surface area contributed by atoms with Crippen molar-refractivity contribution in [3.8, 4) is 0 Å². The number of thiazole rings is 1. The van der Waals surface area contributed by atoms with Gasteiger partial charge in [0, 0.05) is 17.2 Å². The van der Waals surface area contributed by atoms with Gasteiger partial charge in [-0.15, -0.1) is 11.3 Å². The second-order valence-electron chi connectivity index (χ2n) is 4.45. The number of nitrogens with zero attached hydrogens (tertiary/aromatic N) is 1. The van der Waals surface area contributed by atoms with Gasteiger partial charge in [0.15, 0.2) is 0 Å². The van der Waals surface area contributed by atoms with Gasteiger partial charge in [0.25, 0.3) is 0 Å². The first-order chi connectivity index (χ1) is 6.74. The third kappa shape index (κ3) is 1.84. The number of aromatic nitrogens is 1. The van der Waals surface area contributed by atoms with E-state index in [1.807, 2.05) is 11.3 Å². The summed E-state index contributed by atoms with van der Waals surface area (Å²) >= 11 is 1.82. The van der Waals surface area contributed by atoms with Crippen molar-refractivity contribution in [2.24, 2.45) is 5.73 Å². The molecule has 0 bridgehead atoms. The summed E-state index contributed by atoms with van der Waals surface area (Å²) in [6.45, 7) is 3.06. The van der Waals surface area contributed by atoms with Gasteiger partial charge >= 0.3 is 0 Å². The van der Waals surface area contributed by atoms with E-state index in [9.17, 15) is 0 Å². The summed E-state index contributed by atoms with van der Waals surface area (Å²) in [4.78, 5) is 4.69. The summed E-state index contributed by atoms with van der Waals surface area (Å²) in [6.07, 6.45) is 6.27. The van der Waals surface area contributed by atoms with Crippen LogP contribution in [0.3, 0.4) is 0 Å². The summed E-state index contributed by atoms with van der Waals surface area (Å²) in [5.74, 6) is 0. The fourth-order valence-corrected chi connectivity index (χ4v) is 3.29. The van der Waals surface area contributed by atoms with Gasteiger partial charge < -0.3 is 5.73 Å². The molecule has 0 radical (unpaired) electrons. The van der Waals surface area contributed by atoms with Crippen LogP contribution in [-0.4, -0.2) is 11.5 Å². The highest BCUT2D eigenvalue weighted by Gasteiger charge is 2.33. The predicted molar refractivity (Wildman–Crippen MR) is 60.7 cm³/mol. The molecule has 1 aliphatic rings. The SMILES string of the molecule is CC1(c2nc(CCN)cs2)CCCC1. The maximum absolute atomic E-state index is 5.52. The molecule has 1 aliphatic carbocycles. The monoisotopic (exact) mass is 210 g/mol.